The Morgan fingerprint density at radius 3 is 2.78 bits per heavy atom. The number of nitrogens with zero attached hydrogens (tertiary/aromatic N) is 1. The minimum absolute atomic E-state index is 0.00326. The summed E-state index contributed by atoms with van der Waals surface area (Å²) < 4.78 is 0. The molecule has 0 saturated heterocycles. The van der Waals surface area contributed by atoms with Gasteiger partial charge in [0.05, 0.1) is 6.61 Å². The highest BCUT2D eigenvalue weighted by Crippen LogP contribution is 2.31. The zero-order chi connectivity index (χ0) is 13.1. The van der Waals surface area contributed by atoms with Gasteiger partial charge in [-0.15, -0.1) is 0 Å². The summed E-state index contributed by atoms with van der Waals surface area (Å²) >= 11 is 6.15. The van der Waals surface area contributed by atoms with Crippen molar-refractivity contribution in [2.45, 2.75) is 45.3 Å². The predicted octanol–water partition coefficient (Wildman–Crippen LogP) is 3.85. The highest BCUT2D eigenvalue weighted by molar-refractivity contribution is 6.31. The maximum atomic E-state index is 9.13. The first-order chi connectivity index (χ1) is 8.61. The number of hydrogen-bond acceptors (Lipinski definition) is 2. The standard InChI is InChI=1S/C15H22ClNO/c1-11-4-3-5-13(8-11)17(2)14-7-6-12(10-18)15(16)9-14/h6-7,9,11,13,18H,3-5,8,10H2,1-2H3. The van der Waals surface area contributed by atoms with Crippen molar-refractivity contribution in [3.63, 3.8) is 0 Å². The van der Waals surface area contributed by atoms with Crippen molar-refractivity contribution in [3.8, 4) is 0 Å². The van der Waals surface area contributed by atoms with Gasteiger partial charge in [-0.05, 0) is 36.5 Å². The van der Waals surface area contributed by atoms with Gasteiger partial charge in [-0.25, -0.2) is 0 Å². The summed E-state index contributed by atoms with van der Waals surface area (Å²) in [6.07, 6.45) is 5.20. The topological polar surface area (TPSA) is 23.5 Å². The lowest BCUT2D eigenvalue weighted by atomic mass is 9.86. The van der Waals surface area contributed by atoms with Crippen LogP contribution in [0, 0.1) is 5.92 Å². The monoisotopic (exact) mass is 267 g/mol. The van der Waals surface area contributed by atoms with Crippen LogP contribution in [-0.4, -0.2) is 18.2 Å². The molecule has 2 atom stereocenters. The fraction of sp³-hybridized carbons (Fsp3) is 0.600. The third-order valence-corrected chi connectivity index (χ3v) is 4.42. The van der Waals surface area contributed by atoms with Crippen LogP contribution in [0.15, 0.2) is 18.2 Å². The van der Waals surface area contributed by atoms with Gasteiger partial charge in [0.2, 0.25) is 0 Å². The summed E-state index contributed by atoms with van der Waals surface area (Å²) in [5, 5.41) is 9.79. The van der Waals surface area contributed by atoms with Crippen molar-refractivity contribution in [1.82, 2.24) is 0 Å². The Kier molecular flexibility index (Phi) is 4.52. The van der Waals surface area contributed by atoms with Gasteiger partial charge in [-0.2, -0.15) is 0 Å². The quantitative estimate of drug-likeness (QED) is 0.899. The second-order valence-corrected chi connectivity index (χ2v) is 5.88. The summed E-state index contributed by atoms with van der Waals surface area (Å²) in [6, 6.07) is 6.55. The fourth-order valence-electron chi connectivity index (χ4n) is 2.85. The van der Waals surface area contributed by atoms with Crippen LogP contribution in [0.1, 0.15) is 38.2 Å². The van der Waals surface area contributed by atoms with E-state index in [0.717, 1.165) is 17.2 Å². The smallest absolute Gasteiger partial charge is 0.0696 e. The SMILES string of the molecule is CC1CCCC(N(C)c2ccc(CO)c(Cl)c2)C1. The van der Waals surface area contributed by atoms with Crippen LogP contribution in [0.2, 0.25) is 5.02 Å². The molecule has 0 spiro atoms. The molecule has 18 heavy (non-hydrogen) atoms. The van der Waals surface area contributed by atoms with E-state index in [4.69, 9.17) is 16.7 Å². The van der Waals surface area contributed by atoms with E-state index in [1.165, 1.54) is 25.7 Å². The molecule has 0 aliphatic heterocycles. The number of anilines is 1. The molecule has 2 unspecified atom stereocenters. The number of hydrogen-bond donors (Lipinski definition) is 1. The van der Waals surface area contributed by atoms with Gasteiger partial charge in [0.25, 0.3) is 0 Å². The minimum Gasteiger partial charge on any atom is -0.392 e. The molecule has 1 aromatic rings. The van der Waals surface area contributed by atoms with E-state index < -0.39 is 0 Å². The lowest BCUT2D eigenvalue weighted by molar-refractivity contribution is 0.282. The zero-order valence-electron chi connectivity index (χ0n) is 11.2. The molecule has 0 radical (unpaired) electrons. The van der Waals surface area contributed by atoms with E-state index in [-0.39, 0.29) is 6.61 Å². The highest BCUT2D eigenvalue weighted by atomic mass is 35.5. The van der Waals surface area contributed by atoms with Crippen molar-refractivity contribution in [1.29, 1.82) is 0 Å². The normalized spacial score (nSPS) is 24.0. The molecule has 1 aliphatic carbocycles. The van der Waals surface area contributed by atoms with Gasteiger partial charge < -0.3 is 10.0 Å². The molecule has 1 saturated carbocycles. The molecule has 3 heteroatoms. The van der Waals surface area contributed by atoms with Crippen molar-refractivity contribution in [3.05, 3.63) is 28.8 Å². The zero-order valence-corrected chi connectivity index (χ0v) is 12.0. The molecule has 0 heterocycles. The van der Waals surface area contributed by atoms with E-state index >= 15 is 0 Å². The molecular weight excluding hydrogens is 246 g/mol. The first kappa shape index (κ1) is 13.7. The van der Waals surface area contributed by atoms with Gasteiger partial charge in [-0.3, -0.25) is 0 Å². The Morgan fingerprint density at radius 2 is 2.17 bits per heavy atom. The Hall–Kier alpha value is -0.730. The molecule has 1 aliphatic rings. The molecule has 1 N–H and O–H groups in total. The van der Waals surface area contributed by atoms with Crippen LogP contribution in [0.3, 0.4) is 0 Å². The maximum Gasteiger partial charge on any atom is 0.0696 e. The molecular formula is C15H22ClNO. The molecule has 100 valence electrons. The lowest BCUT2D eigenvalue weighted by Crippen LogP contribution is -2.35. The second-order valence-electron chi connectivity index (χ2n) is 5.47. The number of aliphatic hydroxyl groups is 1. The van der Waals surface area contributed by atoms with Crippen molar-refractivity contribution in [2.75, 3.05) is 11.9 Å². The summed E-state index contributed by atoms with van der Waals surface area (Å²) in [5.41, 5.74) is 1.95. The first-order valence-corrected chi connectivity index (χ1v) is 7.11. The third-order valence-electron chi connectivity index (χ3n) is 4.07. The van der Waals surface area contributed by atoms with Gasteiger partial charge in [0.1, 0.15) is 0 Å². The molecule has 1 aromatic carbocycles. The van der Waals surface area contributed by atoms with E-state index in [9.17, 15) is 0 Å². The summed E-state index contributed by atoms with van der Waals surface area (Å²) in [5.74, 6) is 0.818. The molecule has 0 aromatic heterocycles. The van der Waals surface area contributed by atoms with Crippen LogP contribution in [0.5, 0.6) is 0 Å². The Morgan fingerprint density at radius 1 is 1.39 bits per heavy atom. The van der Waals surface area contributed by atoms with E-state index in [2.05, 4.69) is 24.9 Å². The van der Waals surface area contributed by atoms with Gasteiger partial charge in [0.15, 0.2) is 0 Å². The first-order valence-electron chi connectivity index (χ1n) is 6.74. The number of rotatable bonds is 3. The van der Waals surface area contributed by atoms with Crippen LogP contribution >= 0.6 is 11.6 Å². The molecule has 2 rings (SSSR count). The Balaban J connectivity index is 2.12. The third kappa shape index (κ3) is 2.99. The fourth-order valence-corrected chi connectivity index (χ4v) is 3.08. The van der Waals surface area contributed by atoms with Crippen LogP contribution in [0.25, 0.3) is 0 Å². The summed E-state index contributed by atoms with van der Waals surface area (Å²) in [4.78, 5) is 2.34. The average molecular weight is 268 g/mol. The van der Waals surface area contributed by atoms with Crippen molar-refractivity contribution >= 4 is 17.3 Å². The van der Waals surface area contributed by atoms with Crippen LogP contribution in [0.4, 0.5) is 5.69 Å². The molecule has 0 amide bonds. The maximum absolute atomic E-state index is 9.13. The number of aliphatic hydroxyl groups excluding tert-OH is 1. The van der Waals surface area contributed by atoms with Crippen molar-refractivity contribution < 1.29 is 5.11 Å². The minimum atomic E-state index is 0.00326. The van der Waals surface area contributed by atoms with Gasteiger partial charge in [0, 0.05) is 23.8 Å². The molecule has 0 bridgehead atoms. The Bertz CT molecular complexity index is 407. The van der Waals surface area contributed by atoms with E-state index in [1.807, 2.05) is 12.1 Å². The summed E-state index contributed by atoms with van der Waals surface area (Å²) in [7, 11) is 2.15. The Labute approximate surface area is 115 Å². The predicted molar refractivity (Wildman–Crippen MR) is 77.2 cm³/mol. The molecule has 2 nitrogen and oxygen atoms in total. The van der Waals surface area contributed by atoms with Crippen molar-refractivity contribution in [2.24, 2.45) is 5.92 Å². The highest BCUT2D eigenvalue weighted by Gasteiger charge is 2.22. The molecule has 1 fully saturated rings. The number of benzene rings is 1. The van der Waals surface area contributed by atoms with E-state index in [1.54, 1.807) is 0 Å². The summed E-state index contributed by atoms with van der Waals surface area (Å²) in [6.45, 7) is 2.34. The second kappa shape index (κ2) is 5.94. The van der Waals surface area contributed by atoms with Gasteiger partial charge in [-0.1, -0.05) is 37.4 Å². The van der Waals surface area contributed by atoms with Crippen LogP contribution in [-0.2, 0) is 6.61 Å². The average Bonchev–Trinajstić information content (AvgIpc) is 2.37. The largest absolute Gasteiger partial charge is 0.392 e. The number of halogens is 1. The van der Waals surface area contributed by atoms with E-state index in [0.29, 0.717) is 11.1 Å². The van der Waals surface area contributed by atoms with Crippen LogP contribution < -0.4 is 4.90 Å². The lowest BCUT2D eigenvalue weighted by Gasteiger charge is -2.35. The van der Waals surface area contributed by atoms with Gasteiger partial charge >= 0.3 is 0 Å².